The Balaban J connectivity index is 1.90. The lowest BCUT2D eigenvalue weighted by Crippen LogP contribution is -2.47. The molecule has 2 fully saturated rings. The van der Waals surface area contributed by atoms with Gasteiger partial charge in [0, 0.05) is 6.54 Å². The van der Waals surface area contributed by atoms with Gasteiger partial charge in [-0.3, -0.25) is 0 Å². The van der Waals surface area contributed by atoms with Crippen LogP contribution in [0.3, 0.4) is 0 Å². The van der Waals surface area contributed by atoms with Gasteiger partial charge in [0.25, 0.3) is 0 Å². The van der Waals surface area contributed by atoms with Gasteiger partial charge >= 0.3 is 0 Å². The van der Waals surface area contributed by atoms with E-state index in [4.69, 9.17) is 10.5 Å². The maximum atomic E-state index is 6.43. The summed E-state index contributed by atoms with van der Waals surface area (Å²) in [5, 5.41) is 0. The summed E-state index contributed by atoms with van der Waals surface area (Å²) in [4.78, 5) is 0. The molecule has 2 heteroatoms. The summed E-state index contributed by atoms with van der Waals surface area (Å²) < 4.78 is 6.43. The average molecular weight is 253 g/mol. The predicted molar refractivity (Wildman–Crippen MR) is 76.5 cm³/mol. The van der Waals surface area contributed by atoms with Crippen molar-refractivity contribution in [1.82, 2.24) is 0 Å². The highest BCUT2D eigenvalue weighted by Gasteiger charge is 2.40. The summed E-state index contributed by atoms with van der Waals surface area (Å²) in [5.41, 5.74) is 6.50. The van der Waals surface area contributed by atoms with E-state index in [1.54, 1.807) is 0 Å². The lowest BCUT2D eigenvalue weighted by atomic mass is 9.68. The van der Waals surface area contributed by atoms with Crippen molar-refractivity contribution in [2.45, 2.75) is 83.8 Å². The summed E-state index contributed by atoms with van der Waals surface area (Å²) in [6.45, 7) is 7.81. The van der Waals surface area contributed by atoms with Gasteiger partial charge < -0.3 is 10.5 Å². The molecule has 0 aromatic carbocycles. The lowest BCUT2D eigenvalue weighted by Gasteiger charge is -2.44. The summed E-state index contributed by atoms with van der Waals surface area (Å²) >= 11 is 0. The third-order valence-corrected chi connectivity index (χ3v) is 5.21. The van der Waals surface area contributed by atoms with Crippen molar-refractivity contribution in [3.8, 4) is 0 Å². The molecule has 0 unspecified atom stereocenters. The smallest absolute Gasteiger partial charge is 0.0808 e. The minimum Gasteiger partial charge on any atom is -0.370 e. The van der Waals surface area contributed by atoms with Crippen molar-refractivity contribution in [2.75, 3.05) is 6.54 Å². The summed E-state index contributed by atoms with van der Waals surface area (Å²) in [5.74, 6) is 0.837. The van der Waals surface area contributed by atoms with Crippen LogP contribution in [0.2, 0.25) is 0 Å². The van der Waals surface area contributed by atoms with E-state index in [0.717, 1.165) is 5.92 Å². The van der Waals surface area contributed by atoms with Crippen LogP contribution in [0, 0.1) is 11.3 Å². The molecule has 0 spiro atoms. The molecular formula is C16H31NO. The Morgan fingerprint density at radius 3 is 2.06 bits per heavy atom. The molecule has 0 amide bonds. The molecule has 18 heavy (non-hydrogen) atoms. The van der Waals surface area contributed by atoms with E-state index in [1.165, 1.54) is 51.4 Å². The largest absolute Gasteiger partial charge is 0.370 e. The normalized spacial score (nSPS) is 35.0. The van der Waals surface area contributed by atoms with E-state index in [2.05, 4.69) is 20.8 Å². The average Bonchev–Trinajstić information content (AvgIpc) is 2.81. The molecule has 0 aromatic heterocycles. The Hall–Kier alpha value is -0.0800. The fourth-order valence-electron chi connectivity index (χ4n) is 3.74. The summed E-state index contributed by atoms with van der Waals surface area (Å²) in [7, 11) is 0. The highest BCUT2D eigenvalue weighted by atomic mass is 16.5. The van der Waals surface area contributed by atoms with Crippen molar-refractivity contribution in [3.63, 3.8) is 0 Å². The standard InChI is InChI=1S/C16H31NO/c1-15(2,3)13-8-10-16(12-17,11-9-13)18-14-6-4-5-7-14/h13-14H,4-12,17H2,1-3H3. The van der Waals surface area contributed by atoms with Gasteiger partial charge in [-0.15, -0.1) is 0 Å². The summed E-state index contributed by atoms with van der Waals surface area (Å²) in [6.07, 6.45) is 10.6. The minimum atomic E-state index is 0.0107. The Bertz CT molecular complexity index is 255. The van der Waals surface area contributed by atoms with E-state index < -0.39 is 0 Å². The van der Waals surface area contributed by atoms with Gasteiger partial charge in [0.05, 0.1) is 11.7 Å². The molecule has 2 nitrogen and oxygen atoms in total. The SMILES string of the molecule is CC(C)(C)C1CCC(CN)(OC2CCCC2)CC1. The van der Waals surface area contributed by atoms with E-state index in [1.807, 2.05) is 0 Å². The summed E-state index contributed by atoms with van der Waals surface area (Å²) in [6, 6.07) is 0. The van der Waals surface area contributed by atoms with Gasteiger partial charge in [-0.1, -0.05) is 33.6 Å². The first kappa shape index (κ1) is 14.3. The maximum Gasteiger partial charge on any atom is 0.0808 e. The monoisotopic (exact) mass is 253 g/mol. The van der Waals surface area contributed by atoms with Gasteiger partial charge in [0.1, 0.15) is 0 Å². The zero-order valence-corrected chi connectivity index (χ0v) is 12.5. The Labute approximate surface area is 113 Å². The highest BCUT2D eigenvalue weighted by molar-refractivity contribution is 4.92. The van der Waals surface area contributed by atoms with Crippen LogP contribution in [0.5, 0.6) is 0 Å². The number of ether oxygens (including phenoxy) is 1. The van der Waals surface area contributed by atoms with Crippen molar-refractivity contribution < 1.29 is 4.74 Å². The molecule has 0 radical (unpaired) electrons. The van der Waals surface area contributed by atoms with Crippen LogP contribution < -0.4 is 5.73 Å². The van der Waals surface area contributed by atoms with Crippen LogP contribution in [0.1, 0.15) is 72.1 Å². The molecule has 0 atom stereocenters. The van der Waals surface area contributed by atoms with Gasteiger partial charge in [0.2, 0.25) is 0 Å². The third-order valence-electron chi connectivity index (χ3n) is 5.21. The van der Waals surface area contributed by atoms with E-state index in [0.29, 0.717) is 18.1 Å². The van der Waals surface area contributed by atoms with Crippen molar-refractivity contribution in [1.29, 1.82) is 0 Å². The predicted octanol–water partition coefficient (Wildman–Crippen LogP) is 3.88. The number of hydrogen-bond donors (Lipinski definition) is 1. The molecule has 106 valence electrons. The first-order valence-electron chi connectivity index (χ1n) is 7.83. The van der Waals surface area contributed by atoms with Crippen molar-refractivity contribution in [2.24, 2.45) is 17.1 Å². The molecule has 0 aliphatic heterocycles. The molecule has 0 heterocycles. The lowest BCUT2D eigenvalue weighted by molar-refractivity contribution is -0.116. The van der Waals surface area contributed by atoms with Crippen LogP contribution in [-0.4, -0.2) is 18.2 Å². The fourth-order valence-corrected chi connectivity index (χ4v) is 3.74. The van der Waals surface area contributed by atoms with Crippen LogP contribution >= 0.6 is 0 Å². The van der Waals surface area contributed by atoms with Crippen molar-refractivity contribution in [3.05, 3.63) is 0 Å². The zero-order chi connectivity index (χ0) is 13.2. The second kappa shape index (κ2) is 5.50. The molecule has 2 aliphatic carbocycles. The Kier molecular flexibility index (Phi) is 4.38. The highest BCUT2D eigenvalue weighted by Crippen LogP contribution is 2.43. The maximum absolute atomic E-state index is 6.43. The van der Waals surface area contributed by atoms with Gasteiger partial charge in [0.15, 0.2) is 0 Å². The number of hydrogen-bond acceptors (Lipinski definition) is 2. The van der Waals surface area contributed by atoms with Gasteiger partial charge in [-0.2, -0.15) is 0 Å². The van der Waals surface area contributed by atoms with Crippen LogP contribution in [0.25, 0.3) is 0 Å². The van der Waals surface area contributed by atoms with Crippen LogP contribution in [0.4, 0.5) is 0 Å². The molecular weight excluding hydrogens is 222 g/mol. The molecule has 0 bridgehead atoms. The molecule has 0 saturated heterocycles. The molecule has 2 N–H and O–H groups in total. The first-order chi connectivity index (χ1) is 8.45. The van der Waals surface area contributed by atoms with Crippen LogP contribution in [0.15, 0.2) is 0 Å². The second-order valence-corrected chi connectivity index (χ2v) is 7.55. The van der Waals surface area contributed by atoms with E-state index in [9.17, 15) is 0 Å². The first-order valence-corrected chi connectivity index (χ1v) is 7.83. The van der Waals surface area contributed by atoms with Crippen molar-refractivity contribution >= 4 is 0 Å². The Morgan fingerprint density at radius 2 is 1.61 bits per heavy atom. The molecule has 0 aromatic rings. The Morgan fingerprint density at radius 1 is 1.06 bits per heavy atom. The molecule has 2 rings (SSSR count). The molecule has 2 aliphatic rings. The number of rotatable bonds is 3. The quantitative estimate of drug-likeness (QED) is 0.828. The third kappa shape index (κ3) is 3.27. The van der Waals surface area contributed by atoms with Crippen LogP contribution in [-0.2, 0) is 4.74 Å². The zero-order valence-electron chi connectivity index (χ0n) is 12.5. The minimum absolute atomic E-state index is 0.0107. The number of nitrogens with two attached hydrogens (primary N) is 1. The van der Waals surface area contributed by atoms with Gasteiger partial charge in [-0.25, -0.2) is 0 Å². The fraction of sp³-hybridized carbons (Fsp3) is 1.00. The van der Waals surface area contributed by atoms with Gasteiger partial charge in [-0.05, 0) is 49.9 Å². The topological polar surface area (TPSA) is 35.2 Å². The molecule has 2 saturated carbocycles. The van der Waals surface area contributed by atoms with E-state index >= 15 is 0 Å². The second-order valence-electron chi connectivity index (χ2n) is 7.55. The van der Waals surface area contributed by atoms with E-state index in [-0.39, 0.29) is 5.60 Å².